The minimum Gasteiger partial charge on any atom is -0.354 e. The number of aromatic amines is 3. The predicted molar refractivity (Wildman–Crippen MR) is 320 cm³/mol. The lowest BCUT2D eigenvalue weighted by Crippen LogP contribution is -2.06. The van der Waals surface area contributed by atoms with Crippen LogP contribution in [0.1, 0.15) is 45.6 Å². The van der Waals surface area contributed by atoms with E-state index in [0.717, 1.165) is 12.2 Å². The van der Waals surface area contributed by atoms with Crippen molar-refractivity contribution < 1.29 is 132 Å². The first-order valence-electron chi connectivity index (χ1n) is 29.1. The molecule has 4 aromatic heterocycles. The van der Waals surface area contributed by atoms with Gasteiger partial charge in [0.1, 0.15) is 0 Å². The second-order valence-corrected chi connectivity index (χ2v) is 22.6. The van der Waals surface area contributed by atoms with Crippen molar-refractivity contribution in [3.8, 4) is 66.8 Å². The number of rotatable bonds is 6. The predicted octanol–water partition coefficient (Wildman–Crippen LogP) is 21.9. The van der Waals surface area contributed by atoms with E-state index in [9.17, 15) is 26.3 Å². The quantitative estimate of drug-likeness (QED) is 0.0877. The maximum atomic E-state index is 16.6. The maximum Gasteiger partial charge on any atom is 0.200 e. The molecule has 6 aromatic carbocycles. The van der Waals surface area contributed by atoms with Crippen LogP contribution in [0.4, 0.5) is 132 Å². The van der Waals surface area contributed by atoms with Crippen molar-refractivity contribution in [1.29, 1.82) is 0 Å². The number of benzene rings is 6. The Morgan fingerprint density at radius 1 is 0.131 bits per heavy atom. The van der Waals surface area contributed by atoms with Crippen LogP contribution in [0, 0.1) is 175 Å². The smallest absolute Gasteiger partial charge is 0.200 e. The highest BCUT2D eigenvalue weighted by molar-refractivity contribution is 6.02. The third-order valence-electron chi connectivity index (χ3n) is 16.8. The zero-order valence-electron chi connectivity index (χ0n) is 50.7. The molecular weight excluding hydrogens is 1510 g/mol. The minimum absolute atomic E-state index is 0.392. The van der Waals surface area contributed by atoms with Crippen LogP contribution in [-0.2, 0) is 0 Å². The molecule has 37 heteroatoms. The van der Waals surface area contributed by atoms with Gasteiger partial charge in [-0.3, -0.25) is 0 Å². The van der Waals surface area contributed by atoms with Crippen molar-refractivity contribution in [3.63, 3.8) is 0 Å². The fourth-order valence-corrected chi connectivity index (χ4v) is 12.0. The van der Waals surface area contributed by atoms with E-state index in [0.29, 0.717) is 72.9 Å². The molecule has 0 spiro atoms. The van der Waals surface area contributed by atoms with Gasteiger partial charge in [-0.15, -0.1) is 0 Å². The molecule has 0 fully saturated rings. The molecule has 4 aliphatic rings. The van der Waals surface area contributed by atoms with E-state index in [1.165, 1.54) is 0 Å². The van der Waals surface area contributed by atoms with Crippen LogP contribution in [0.3, 0.4) is 0 Å². The van der Waals surface area contributed by atoms with Crippen molar-refractivity contribution in [2.24, 2.45) is 0 Å². The molecule has 14 bridgehead atoms. The molecule has 0 aliphatic carbocycles. The number of nitrogens with one attached hydrogen (secondary N) is 3. The highest BCUT2D eigenvalue weighted by Crippen LogP contribution is 2.47. The van der Waals surface area contributed by atoms with Crippen molar-refractivity contribution >= 4 is 81.7 Å². The first-order chi connectivity index (χ1) is 50.6. The molecule has 0 saturated heterocycles. The van der Waals surface area contributed by atoms with Crippen LogP contribution in [0.2, 0.25) is 0 Å². The Balaban J connectivity index is 1.26. The number of fused-ring (bicyclic) bond motifs is 15. The SMILES string of the molecule is Fc1c(F)c(F)c(-c2c3nc(c4nc(c(-c5c(F)c(F)c(F)c(F)c5F)c5ccc([nH]5)c(-c5c(F)c(F)c(F)c(F)c5F)c5nc(c(-c6c(F)c(F)c(F)c(F)c6F)c6ccc([nH]6)c(-c6c(F)c(F)c(F)c(F)c6F)c6nc(c(-c7c(F)c(F)c(F)c(F)c7F)c7ccc2[nH]7)C=C6)C=C5)C=C4)C=C3)c(F)c1F. The van der Waals surface area contributed by atoms with Gasteiger partial charge < -0.3 is 15.0 Å². The van der Waals surface area contributed by atoms with Crippen LogP contribution < -0.4 is 0 Å². The Morgan fingerprint density at radius 2 is 0.234 bits per heavy atom. The van der Waals surface area contributed by atoms with E-state index in [1.807, 2.05) is 0 Å². The Bertz CT molecular complexity index is 5790. The number of hydrogen-bond acceptors (Lipinski definition) is 4. The highest BCUT2D eigenvalue weighted by Gasteiger charge is 2.38. The molecular formula is C70H17F30N7. The number of halogens is 30. The average molecular weight is 1530 g/mol. The molecule has 0 unspecified atom stereocenters. The van der Waals surface area contributed by atoms with Gasteiger partial charge in [0.05, 0.1) is 78.9 Å². The molecule has 10 aromatic rings. The summed E-state index contributed by atoms with van der Waals surface area (Å²) in [4.78, 5) is 22.6. The largest absolute Gasteiger partial charge is 0.354 e. The summed E-state index contributed by atoms with van der Waals surface area (Å²) in [7, 11) is 0. The molecule has 3 N–H and O–H groups in total. The molecule has 0 atom stereocenters. The van der Waals surface area contributed by atoms with Crippen molar-refractivity contribution in [2.45, 2.75) is 0 Å². The normalized spacial score (nSPS) is 12.4. The number of nitrogens with zero attached hydrogens (tertiary/aromatic N) is 4. The standard InChI is InChI=1S/C70H17F30N7/c71-41-35(42(72)54(84)65(95)53(41)83)29-17-3-1-15(101-17)16-2-4-18(102-16)30(36-43(73)55(85)66(96)56(86)44(36)74)20-6-8-22(104-20)32(38-47(77)59(89)68(98)60(90)48(38)78)24-10-12-26(106-24)34(40-51(81)63(93)70(100)64(94)52(40)82)28-14-13-27(107-28)33(39-49(79)61(91)69(99)62(92)50(39)80)25-11-9-23(105-25)31(21-7-5-19(29)103-21)37-45(75)57(87)67(97)58(88)46(37)76/h1-14,103-104,107H. The van der Waals surface area contributed by atoms with E-state index in [4.69, 9.17) is 0 Å². The first-order valence-corrected chi connectivity index (χ1v) is 29.1. The molecule has 4 aliphatic heterocycles. The number of aromatic nitrogens is 7. The van der Waals surface area contributed by atoms with Gasteiger partial charge in [-0.1, -0.05) is 0 Å². The van der Waals surface area contributed by atoms with Gasteiger partial charge in [-0.05, 0) is 85.0 Å². The van der Waals surface area contributed by atoms with Crippen LogP contribution in [0.15, 0.2) is 36.4 Å². The fourth-order valence-electron chi connectivity index (χ4n) is 12.0. The van der Waals surface area contributed by atoms with Gasteiger partial charge in [-0.25, -0.2) is 152 Å². The molecule has 0 radical (unpaired) electrons. The summed E-state index contributed by atoms with van der Waals surface area (Å²) >= 11 is 0. The second-order valence-electron chi connectivity index (χ2n) is 22.6. The van der Waals surface area contributed by atoms with Gasteiger partial charge >= 0.3 is 0 Å². The summed E-state index contributed by atoms with van der Waals surface area (Å²) in [5.41, 5.74) is -37.6. The summed E-state index contributed by atoms with van der Waals surface area (Å²) in [6.45, 7) is 0. The molecule has 14 rings (SSSR count). The molecule has 542 valence electrons. The van der Waals surface area contributed by atoms with Gasteiger partial charge in [0.25, 0.3) is 0 Å². The molecule has 0 saturated carbocycles. The van der Waals surface area contributed by atoms with Crippen molar-refractivity contribution in [1.82, 2.24) is 34.9 Å². The summed E-state index contributed by atoms with van der Waals surface area (Å²) in [5, 5.41) is 0. The van der Waals surface area contributed by atoms with Gasteiger partial charge in [0.15, 0.2) is 140 Å². The first kappa shape index (κ1) is 71.4. The Hall–Kier alpha value is -12.6. The van der Waals surface area contributed by atoms with Crippen LogP contribution in [0.25, 0.3) is 148 Å². The summed E-state index contributed by atoms with van der Waals surface area (Å²) in [6, 6.07) is 2.80. The van der Waals surface area contributed by atoms with Gasteiger partial charge in [-0.2, -0.15) is 0 Å². The summed E-state index contributed by atoms with van der Waals surface area (Å²) < 4.78 is 473. The van der Waals surface area contributed by atoms with E-state index in [-0.39, 0.29) is 0 Å². The van der Waals surface area contributed by atoms with Crippen LogP contribution in [0.5, 0.6) is 0 Å². The maximum absolute atomic E-state index is 16.6. The van der Waals surface area contributed by atoms with E-state index >= 15 is 105 Å². The summed E-state index contributed by atoms with van der Waals surface area (Å²) in [6.07, 6.45) is 4.41. The van der Waals surface area contributed by atoms with E-state index < -0.39 is 320 Å². The van der Waals surface area contributed by atoms with Crippen molar-refractivity contribution in [2.75, 3.05) is 0 Å². The topological polar surface area (TPSA) is 98.9 Å². The van der Waals surface area contributed by atoms with Gasteiger partial charge in [0, 0.05) is 66.5 Å². The molecule has 0 amide bonds. The number of hydrogen-bond donors (Lipinski definition) is 3. The fraction of sp³-hybridized carbons (Fsp3) is 0. The average Bonchev–Trinajstić information content (AvgIpc) is 1.64. The minimum atomic E-state index is -2.92. The Kier molecular flexibility index (Phi) is 17.1. The van der Waals surface area contributed by atoms with E-state index in [1.54, 1.807) is 0 Å². The van der Waals surface area contributed by atoms with Crippen molar-refractivity contribution in [3.05, 3.63) is 256 Å². The molecule has 8 heterocycles. The zero-order chi connectivity index (χ0) is 77.2. The lowest BCUT2D eigenvalue weighted by Gasteiger charge is -2.11. The lowest BCUT2D eigenvalue weighted by atomic mass is 10.0. The monoisotopic (exact) mass is 1530 g/mol. The Labute approximate surface area is 570 Å². The lowest BCUT2D eigenvalue weighted by molar-refractivity contribution is 0.381. The zero-order valence-corrected chi connectivity index (χ0v) is 50.7. The number of H-pyrrole nitrogens is 3. The third-order valence-corrected chi connectivity index (χ3v) is 16.8. The van der Waals surface area contributed by atoms with Crippen LogP contribution >= 0.6 is 0 Å². The highest BCUT2D eigenvalue weighted by atomic mass is 19.2. The Morgan fingerprint density at radius 3 is 0.364 bits per heavy atom. The molecule has 107 heavy (non-hydrogen) atoms. The summed E-state index contributed by atoms with van der Waals surface area (Å²) in [5.74, 6) is -84.6. The van der Waals surface area contributed by atoms with Crippen LogP contribution in [-0.4, -0.2) is 34.9 Å². The molecule has 7 nitrogen and oxygen atoms in total. The third kappa shape index (κ3) is 10.7. The van der Waals surface area contributed by atoms with E-state index in [2.05, 4.69) is 34.9 Å². The second kappa shape index (κ2) is 25.6. The van der Waals surface area contributed by atoms with Gasteiger partial charge in [0.2, 0.25) is 34.9 Å².